The Kier molecular flexibility index (Phi) is 5.64. The van der Waals surface area contributed by atoms with Gasteiger partial charge in [-0.2, -0.15) is 0 Å². The lowest BCUT2D eigenvalue weighted by molar-refractivity contribution is -0.115. The third-order valence-electron chi connectivity index (χ3n) is 2.68. The zero-order valence-electron chi connectivity index (χ0n) is 12.3. The Morgan fingerprint density at radius 3 is 2.71 bits per heavy atom. The fraction of sp³-hybridized carbons (Fsp3) is 0.333. The van der Waals surface area contributed by atoms with Gasteiger partial charge in [-0.15, -0.1) is 11.3 Å². The fourth-order valence-electron chi connectivity index (χ4n) is 1.64. The number of rotatable bonds is 6. The van der Waals surface area contributed by atoms with Gasteiger partial charge in [-0.3, -0.25) is 4.79 Å². The van der Waals surface area contributed by atoms with Crippen molar-refractivity contribution in [1.82, 2.24) is 4.98 Å². The molecule has 0 fully saturated rings. The van der Waals surface area contributed by atoms with Crippen LogP contribution in [0.1, 0.15) is 19.5 Å². The lowest BCUT2D eigenvalue weighted by Crippen LogP contribution is -2.22. The summed E-state index contributed by atoms with van der Waals surface area (Å²) in [6, 6.07) is 7.38. The number of amides is 1. The molecule has 0 saturated carbocycles. The van der Waals surface area contributed by atoms with Crippen LogP contribution in [-0.4, -0.2) is 22.7 Å². The number of aromatic nitrogens is 1. The molecule has 1 atom stereocenters. The molecule has 2 rings (SSSR count). The van der Waals surface area contributed by atoms with Gasteiger partial charge in [0.15, 0.2) is 4.34 Å². The van der Waals surface area contributed by atoms with Gasteiger partial charge in [-0.05, 0) is 45.0 Å². The number of carbonyl (C=O) groups excluding carboxylic acids is 1. The summed E-state index contributed by atoms with van der Waals surface area (Å²) in [5, 5.41) is 4.69. The van der Waals surface area contributed by atoms with Crippen LogP contribution >= 0.6 is 23.1 Å². The van der Waals surface area contributed by atoms with E-state index < -0.39 is 0 Å². The van der Waals surface area contributed by atoms with Gasteiger partial charge >= 0.3 is 0 Å². The lowest BCUT2D eigenvalue weighted by atomic mass is 10.3. The summed E-state index contributed by atoms with van der Waals surface area (Å²) in [5.41, 5.74) is 1.76. The second-order valence-electron chi connectivity index (χ2n) is 4.46. The predicted octanol–water partition coefficient (Wildman–Crippen LogP) is 3.97. The van der Waals surface area contributed by atoms with E-state index in [4.69, 9.17) is 4.74 Å². The number of ether oxygens (including phenoxy) is 1. The van der Waals surface area contributed by atoms with Crippen LogP contribution in [0, 0.1) is 6.92 Å². The molecule has 1 aromatic heterocycles. The van der Waals surface area contributed by atoms with E-state index in [0.717, 1.165) is 21.5 Å². The van der Waals surface area contributed by atoms with Crippen LogP contribution in [-0.2, 0) is 4.79 Å². The first kappa shape index (κ1) is 15.9. The fourth-order valence-corrected chi connectivity index (χ4v) is 3.62. The van der Waals surface area contributed by atoms with Crippen LogP contribution < -0.4 is 10.1 Å². The molecule has 1 N–H and O–H groups in total. The van der Waals surface area contributed by atoms with Gasteiger partial charge in [0.1, 0.15) is 5.75 Å². The molecule has 0 spiro atoms. The van der Waals surface area contributed by atoms with Gasteiger partial charge in [-0.1, -0.05) is 11.8 Å². The first-order chi connectivity index (χ1) is 10.1. The molecule has 0 saturated heterocycles. The molecule has 4 nitrogen and oxygen atoms in total. The number of nitrogens with one attached hydrogen (secondary N) is 1. The molecule has 0 radical (unpaired) electrons. The van der Waals surface area contributed by atoms with Crippen LogP contribution in [0.3, 0.4) is 0 Å². The standard InChI is InChI=1S/C15H18N2O2S2/c1-4-19-13-7-5-12(6-8-13)17-14(18)11(3)21-15-16-10(2)9-20-15/h5-9,11H,4H2,1-3H3,(H,17,18)/t11-/m1/s1. The number of nitrogens with zero attached hydrogens (tertiary/aromatic N) is 1. The Morgan fingerprint density at radius 2 is 2.14 bits per heavy atom. The van der Waals surface area contributed by atoms with Crippen molar-refractivity contribution < 1.29 is 9.53 Å². The second-order valence-corrected chi connectivity index (χ2v) is 6.91. The molecule has 0 unspecified atom stereocenters. The molecule has 2 aromatic rings. The quantitative estimate of drug-likeness (QED) is 0.818. The van der Waals surface area contributed by atoms with Crippen molar-refractivity contribution in [2.75, 3.05) is 11.9 Å². The Hall–Kier alpha value is -1.53. The molecule has 0 aliphatic rings. The highest BCUT2D eigenvalue weighted by Crippen LogP contribution is 2.27. The average molecular weight is 322 g/mol. The van der Waals surface area contributed by atoms with E-state index in [0.29, 0.717) is 6.61 Å². The van der Waals surface area contributed by atoms with Crippen LogP contribution in [0.4, 0.5) is 5.69 Å². The van der Waals surface area contributed by atoms with Gasteiger partial charge in [0.2, 0.25) is 5.91 Å². The Morgan fingerprint density at radius 1 is 1.43 bits per heavy atom. The van der Waals surface area contributed by atoms with Crippen molar-refractivity contribution in [3.63, 3.8) is 0 Å². The summed E-state index contributed by atoms with van der Waals surface area (Å²) < 4.78 is 6.29. The van der Waals surface area contributed by atoms with Crippen molar-refractivity contribution in [1.29, 1.82) is 0 Å². The maximum Gasteiger partial charge on any atom is 0.237 e. The monoisotopic (exact) mass is 322 g/mol. The normalized spacial score (nSPS) is 12.0. The highest BCUT2D eigenvalue weighted by molar-refractivity contribution is 8.02. The van der Waals surface area contributed by atoms with Gasteiger partial charge < -0.3 is 10.1 Å². The molecule has 1 aromatic carbocycles. The lowest BCUT2D eigenvalue weighted by Gasteiger charge is -2.11. The summed E-state index contributed by atoms with van der Waals surface area (Å²) in [4.78, 5) is 16.5. The topological polar surface area (TPSA) is 51.2 Å². The number of thiazole rings is 1. The number of benzene rings is 1. The zero-order chi connectivity index (χ0) is 15.2. The van der Waals surface area contributed by atoms with Gasteiger partial charge in [0.05, 0.1) is 11.9 Å². The Bertz CT molecular complexity index is 596. The van der Waals surface area contributed by atoms with Gasteiger partial charge in [0.25, 0.3) is 0 Å². The Balaban J connectivity index is 1.90. The SMILES string of the molecule is CCOc1ccc(NC(=O)[C@@H](C)Sc2nc(C)cs2)cc1. The number of aryl methyl sites for hydroxylation is 1. The van der Waals surface area contributed by atoms with Crippen LogP contribution in [0.5, 0.6) is 5.75 Å². The minimum atomic E-state index is -0.192. The van der Waals surface area contributed by atoms with Crippen molar-refractivity contribution >= 4 is 34.7 Å². The van der Waals surface area contributed by atoms with Crippen LogP contribution in [0.25, 0.3) is 0 Å². The van der Waals surface area contributed by atoms with Crippen molar-refractivity contribution in [2.24, 2.45) is 0 Å². The van der Waals surface area contributed by atoms with Crippen molar-refractivity contribution in [3.05, 3.63) is 35.3 Å². The largest absolute Gasteiger partial charge is 0.494 e. The summed E-state index contributed by atoms with van der Waals surface area (Å²) in [7, 11) is 0. The third-order valence-corrected chi connectivity index (χ3v) is 4.87. The average Bonchev–Trinajstić information content (AvgIpc) is 2.86. The molecule has 21 heavy (non-hydrogen) atoms. The second kappa shape index (κ2) is 7.47. The number of carbonyl (C=O) groups is 1. The van der Waals surface area contributed by atoms with Gasteiger partial charge in [-0.25, -0.2) is 4.98 Å². The molecular weight excluding hydrogens is 304 g/mol. The number of hydrogen-bond acceptors (Lipinski definition) is 5. The first-order valence-electron chi connectivity index (χ1n) is 6.71. The highest BCUT2D eigenvalue weighted by atomic mass is 32.2. The summed E-state index contributed by atoms with van der Waals surface area (Å²) in [6.07, 6.45) is 0. The molecule has 0 aliphatic carbocycles. The number of hydrogen-bond donors (Lipinski definition) is 1. The van der Waals surface area contributed by atoms with E-state index in [1.165, 1.54) is 11.8 Å². The third kappa shape index (κ3) is 4.75. The van der Waals surface area contributed by atoms with Gasteiger partial charge in [0, 0.05) is 16.8 Å². The van der Waals surface area contributed by atoms with Crippen LogP contribution in [0.15, 0.2) is 34.0 Å². The minimum absolute atomic E-state index is 0.0305. The molecule has 0 bridgehead atoms. The molecule has 6 heteroatoms. The molecule has 1 amide bonds. The van der Waals surface area contributed by atoms with E-state index in [1.54, 1.807) is 11.3 Å². The molecule has 1 heterocycles. The Labute approximate surface area is 132 Å². The highest BCUT2D eigenvalue weighted by Gasteiger charge is 2.16. The van der Waals surface area contributed by atoms with E-state index in [2.05, 4.69) is 10.3 Å². The molecule has 112 valence electrons. The molecule has 0 aliphatic heterocycles. The smallest absolute Gasteiger partial charge is 0.237 e. The summed E-state index contributed by atoms with van der Waals surface area (Å²) in [6.45, 7) is 6.40. The van der Waals surface area contributed by atoms with E-state index in [1.807, 2.05) is 50.4 Å². The number of thioether (sulfide) groups is 1. The van der Waals surface area contributed by atoms with Crippen LogP contribution in [0.2, 0.25) is 0 Å². The number of anilines is 1. The predicted molar refractivity (Wildman–Crippen MR) is 88.4 cm³/mol. The summed E-state index contributed by atoms with van der Waals surface area (Å²) >= 11 is 3.04. The minimum Gasteiger partial charge on any atom is -0.494 e. The van der Waals surface area contributed by atoms with Crippen molar-refractivity contribution in [3.8, 4) is 5.75 Å². The van der Waals surface area contributed by atoms with Crippen molar-refractivity contribution in [2.45, 2.75) is 30.4 Å². The first-order valence-corrected chi connectivity index (χ1v) is 8.47. The maximum absolute atomic E-state index is 12.1. The van der Waals surface area contributed by atoms with E-state index in [-0.39, 0.29) is 11.2 Å². The molecular formula is C15H18N2O2S2. The van der Waals surface area contributed by atoms with E-state index in [9.17, 15) is 4.79 Å². The maximum atomic E-state index is 12.1. The van der Waals surface area contributed by atoms with E-state index >= 15 is 0 Å². The summed E-state index contributed by atoms with van der Waals surface area (Å²) in [5.74, 6) is 0.771. The zero-order valence-corrected chi connectivity index (χ0v) is 13.9.